The first-order chi connectivity index (χ1) is 8.06. The minimum Gasteiger partial charge on any atom is -0.478 e. The molecule has 88 valence electrons. The third kappa shape index (κ3) is 1.71. The van der Waals surface area contributed by atoms with Gasteiger partial charge in [-0.3, -0.25) is 4.79 Å². The second-order valence-electron chi connectivity index (χ2n) is 4.21. The molecule has 0 amide bonds. The summed E-state index contributed by atoms with van der Waals surface area (Å²) in [7, 11) is 0. The van der Waals surface area contributed by atoms with Gasteiger partial charge in [0, 0.05) is 28.7 Å². The van der Waals surface area contributed by atoms with Gasteiger partial charge in [-0.25, -0.2) is 4.79 Å². The van der Waals surface area contributed by atoms with Crippen LogP contribution in [0.15, 0.2) is 24.4 Å². The van der Waals surface area contributed by atoms with Crippen molar-refractivity contribution in [3.05, 3.63) is 35.5 Å². The molecule has 0 saturated heterocycles. The summed E-state index contributed by atoms with van der Waals surface area (Å²) in [6, 6.07) is 5.21. The molecule has 4 heteroatoms. The average molecular weight is 231 g/mol. The molecule has 1 N–H and O–H groups in total. The van der Waals surface area contributed by atoms with Crippen LogP contribution in [0.2, 0.25) is 0 Å². The van der Waals surface area contributed by atoms with Crippen molar-refractivity contribution in [2.45, 2.75) is 19.9 Å². The van der Waals surface area contributed by atoms with Gasteiger partial charge in [-0.05, 0) is 26.0 Å². The van der Waals surface area contributed by atoms with Crippen LogP contribution in [0.4, 0.5) is 0 Å². The van der Waals surface area contributed by atoms with E-state index in [1.807, 2.05) is 24.5 Å². The molecule has 2 aromatic rings. The molecule has 1 aromatic carbocycles. The van der Waals surface area contributed by atoms with Gasteiger partial charge in [0.05, 0.1) is 5.56 Å². The second-order valence-corrected chi connectivity index (χ2v) is 4.21. The molecule has 0 aliphatic rings. The molecule has 0 fully saturated rings. The topological polar surface area (TPSA) is 59.3 Å². The molecular weight excluding hydrogens is 218 g/mol. The Morgan fingerprint density at radius 1 is 1.41 bits per heavy atom. The number of carboxylic acids is 1. The van der Waals surface area contributed by atoms with E-state index < -0.39 is 5.97 Å². The maximum Gasteiger partial charge on any atom is 0.336 e. The van der Waals surface area contributed by atoms with Gasteiger partial charge in [-0.15, -0.1) is 0 Å². The zero-order valence-corrected chi connectivity index (χ0v) is 9.68. The number of carbonyl (C=O) groups excluding carboxylic acids is 1. The smallest absolute Gasteiger partial charge is 0.336 e. The Hall–Kier alpha value is -2.10. The van der Waals surface area contributed by atoms with E-state index in [2.05, 4.69) is 0 Å². The lowest BCUT2D eigenvalue weighted by molar-refractivity contribution is 0.0699. The van der Waals surface area contributed by atoms with Gasteiger partial charge >= 0.3 is 5.97 Å². The summed E-state index contributed by atoms with van der Waals surface area (Å²) in [4.78, 5) is 22.2. The normalized spacial score (nSPS) is 11.0. The fraction of sp³-hybridized carbons (Fsp3) is 0.231. The highest BCUT2D eigenvalue weighted by Gasteiger charge is 2.16. The third-order valence-electron chi connectivity index (χ3n) is 2.80. The van der Waals surface area contributed by atoms with Gasteiger partial charge in [0.1, 0.15) is 0 Å². The standard InChI is InChI=1S/C13H13NO3/c1-8(2)14-6-9(7-15)12-10(13(16)17)4-3-5-11(12)14/h3-8H,1-2H3,(H,16,17). The van der Waals surface area contributed by atoms with Crippen LogP contribution < -0.4 is 0 Å². The lowest BCUT2D eigenvalue weighted by Crippen LogP contribution is -2.00. The number of nitrogens with zero attached hydrogens (tertiary/aromatic N) is 1. The summed E-state index contributed by atoms with van der Waals surface area (Å²) < 4.78 is 1.91. The third-order valence-corrected chi connectivity index (χ3v) is 2.80. The molecule has 0 aliphatic carbocycles. The van der Waals surface area contributed by atoms with Crippen molar-refractivity contribution in [3.63, 3.8) is 0 Å². The summed E-state index contributed by atoms with van der Waals surface area (Å²) in [5.41, 5.74) is 1.37. The summed E-state index contributed by atoms with van der Waals surface area (Å²) in [6.07, 6.45) is 2.41. The molecule has 0 atom stereocenters. The van der Waals surface area contributed by atoms with Crippen molar-refractivity contribution in [2.75, 3.05) is 0 Å². The lowest BCUT2D eigenvalue weighted by Gasteiger charge is -2.09. The van der Waals surface area contributed by atoms with Crippen LogP contribution in [0.1, 0.15) is 40.6 Å². The Morgan fingerprint density at radius 2 is 2.12 bits per heavy atom. The summed E-state index contributed by atoms with van der Waals surface area (Å²) >= 11 is 0. The van der Waals surface area contributed by atoms with E-state index in [1.165, 1.54) is 6.07 Å². The number of benzene rings is 1. The largest absolute Gasteiger partial charge is 0.478 e. The fourth-order valence-electron chi connectivity index (χ4n) is 2.04. The van der Waals surface area contributed by atoms with Gasteiger partial charge in [0.25, 0.3) is 0 Å². The molecular formula is C13H13NO3. The number of rotatable bonds is 3. The van der Waals surface area contributed by atoms with E-state index in [0.29, 0.717) is 17.2 Å². The molecule has 0 unspecified atom stereocenters. The number of carboxylic acid groups (broad SMARTS) is 1. The Labute approximate surface area is 98.5 Å². The predicted molar refractivity (Wildman–Crippen MR) is 64.7 cm³/mol. The van der Waals surface area contributed by atoms with E-state index in [-0.39, 0.29) is 11.6 Å². The van der Waals surface area contributed by atoms with Crippen molar-refractivity contribution in [1.82, 2.24) is 4.57 Å². The van der Waals surface area contributed by atoms with E-state index in [9.17, 15) is 9.59 Å². The molecule has 4 nitrogen and oxygen atoms in total. The van der Waals surface area contributed by atoms with Crippen molar-refractivity contribution < 1.29 is 14.7 Å². The molecule has 0 saturated carbocycles. The predicted octanol–water partition coefficient (Wildman–Crippen LogP) is 2.73. The maximum absolute atomic E-state index is 11.1. The number of hydrogen-bond acceptors (Lipinski definition) is 2. The molecule has 0 spiro atoms. The van der Waals surface area contributed by atoms with Crippen LogP contribution in [0.3, 0.4) is 0 Å². The number of aromatic carboxylic acids is 1. The van der Waals surface area contributed by atoms with Crippen LogP contribution in [-0.2, 0) is 0 Å². The molecule has 2 rings (SSSR count). The molecule has 1 aromatic heterocycles. The number of carbonyl (C=O) groups is 2. The SMILES string of the molecule is CC(C)n1cc(C=O)c2c(C(=O)O)cccc21. The zero-order valence-electron chi connectivity index (χ0n) is 9.68. The monoisotopic (exact) mass is 231 g/mol. The molecule has 17 heavy (non-hydrogen) atoms. The van der Waals surface area contributed by atoms with E-state index >= 15 is 0 Å². The van der Waals surface area contributed by atoms with Crippen LogP contribution in [0, 0.1) is 0 Å². The van der Waals surface area contributed by atoms with Crippen LogP contribution in [0.5, 0.6) is 0 Å². The van der Waals surface area contributed by atoms with Gasteiger partial charge in [-0.2, -0.15) is 0 Å². The summed E-state index contributed by atoms with van der Waals surface area (Å²) in [6.45, 7) is 3.98. The summed E-state index contributed by atoms with van der Waals surface area (Å²) in [5, 5.41) is 9.64. The average Bonchev–Trinajstić information content (AvgIpc) is 2.67. The van der Waals surface area contributed by atoms with Crippen LogP contribution in [0.25, 0.3) is 10.9 Å². The highest BCUT2D eigenvalue weighted by molar-refractivity contribution is 6.09. The Bertz CT molecular complexity index is 596. The van der Waals surface area contributed by atoms with Gasteiger partial charge < -0.3 is 9.67 Å². The first kappa shape index (κ1) is 11.4. The summed E-state index contributed by atoms with van der Waals surface area (Å²) in [5.74, 6) is -1.01. The Morgan fingerprint density at radius 3 is 2.65 bits per heavy atom. The fourth-order valence-corrected chi connectivity index (χ4v) is 2.04. The second kappa shape index (κ2) is 4.05. The minimum atomic E-state index is -1.01. The van der Waals surface area contributed by atoms with E-state index in [0.717, 1.165) is 5.52 Å². The lowest BCUT2D eigenvalue weighted by atomic mass is 10.1. The van der Waals surface area contributed by atoms with Crippen LogP contribution in [-0.4, -0.2) is 21.9 Å². The Kier molecular flexibility index (Phi) is 2.71. The van der Waals surface area contributed by atoms with E-state index in [4.69, 9.17) is 5.11 Å². The van der Waals surface area contributed by atoms with Gasteiger partial charge in [0.2, 0.25) is 0 Å². The minimum absolute atomic E-state index is 0.170. The van der Waals surface area contributed by atoms with Crippen LogP contribution >= 0.6 is 0 Å². The van der Waals surface area contributed by atoms with Crippen molar-refractivity contribution in [1.29, 1.82) is 0 Å². The molecule has 0 aliphatic heterocycles. The molecule has 0 radical (unpaired) electrons. The number of hydrogen-bond donors (Lipinski definition) is 1. The highest BCUT2D eigenvalue weighted by Crippen LogP contribution is 2.26. The number of fused-ring (bicyclic) bond motifs is 1. The number of aldehydes is 1. The number of aromatic nitrogens is 1. The molecule has 0 bridgehead atoms. The van der Waals surface area contributed by atoms with Crippen molar-refractivity contribution in [2.24, 2.45) is 0 Å². The quantitative estimate of drug-likeness (QED) is 0.826. The Balaban J connectivity index is 2.89. The first-order valence-corrected chi connectivity index (χ1v) is 5.38. The molecule has 1 heterocycles. The highest BCUT2D eigenvalue weighted by atomic mass is 16.4. The maximum atomic E-state index is 11.1. The van der Waals surface area contributed by atoms with Crippen molar-refractivity contribution in [3.8, 4) is 0 Å². The van der Waals surface area contributed by atoms with Crippen molar-refractivity contribution >= 4 is 23.2 Å². The zero-order chi connectivity index (χ0) is 12.6. The van der Waals surface area contributed by atoms with Gasteiger partial charge in [-0.1, -0.05) is 6.07 Å². The van der Waals surface area contributed by atoms with Gasteiger partial charge in [0.15, 0.2) is 6.29 Å². The van der Waals surface area contributed by atoms with E-state index in [1.54, 1.807) is 12.3 Å². The first-order valence-electron chi connectivity index (χ1n) is 5.38.